The quantitative estimate of drug-likeness (QED) is 0.514. The summed E-state index contributed by atoms with van der Waals surface area (Å²) >= 11 is 1.27. The van der Waals surface area contributed by atoms with Gasteiger partial charge in [-0.15, -0.1) is 0 Å². The highest BCUT2D eigenvalue weighted by Crippen LogP contribution is 2.32. The van der Waals surface area contributed by atoms with Crippen LogP contribution in [0, 0.1) is 13.8 Å². The predicted molar refractivity (Wildman–Crippen MR) is 122 cm³/mol. The Balaban J connectivity index is 1.79. The minimum Gasteiger partial charge on any atom is -0.493 e. The average molecular weight is 441 g/mol. The second-order valence-corrected chi connectivity index (χ2v) is 7.81. The number of benzene rings is 2. The molecule has 1 amide bonds. The van der Waals surface area contributed by atoms with E-state index in [1.807, 2.05) is 32.0 Å². The molecule has 1 N–H and O–H groups in total. The van der Waals surface area contributed by atoms with Crippen LogP contribution in [0.1, 0.15) is 23.6 Å². The van der Waals surface area contributed by atoms with Gasteiger partial charge in [0.25, 0.3) is 5.91 Å². The van der Waals surface area contributed by atoms with Crippen molar-refractivity contribution < 1.29 is 23.8 Å². The van der Waals surface area contributed by atoms with Gasteiger partial charge in [-0.25, -0.2) is 9.79 Å². The molecule has 0 aromatic heterocycles. The summed E-state index contributed by atoms with van der Waals surface area (Å²) in [7, 11) is 1.51. The van der Waals surface area contributed by atoms with Crippen molar-refractivity contribution >= 4 is 40.6 Å². The first-order valence-corrected chi connectivity index (χ1v) is 10.5. The number of methoxy groups -OCH3 is 1. The molecule has 162 valence electrons. The van der Waals surface area contributed by atoms with Crippen LogP contribution in [0.2, 0.25) is 0 Å². The highest BCUT2D eigenvalue weighted by atomic mass is 32.2. The lowest BCUT2D eigenvalue weighted by molar-refractivity contribution is -0.145. The highest BCUT2D eigenvalue weighted by Gasteiger charge is 2.24. The molecule has 0 atom stereocenters. The first-order chi connectivity index (χ1) is 14.9. The third-order valence-electron chi connectivity index (χ3n) is 4.36. The lowest BCUT2D eigenvalue weighted by Crippen LogP contribution is -2.19. The Morgan fingerprint density at radius 3 is 2.68 bits per heavy atom. The molecule has 0 bridgehead atoms. The molecule has 0 spiro atoms. The average Bonchev–Trinajstić information content (AvgIpc) is 3.07. The van der Waals surface area contributed by atoms with E-state index in [9.17, 15) is 9.59 Å². The summed E-state index contributed by atoms with van der Waals surface area (Å²) in [5.41, 5.74) is 3.74. The monoisotopic (exact) mass is 440 g/mol. The summed E-state index contributed by atoms with van der Waals surface area (Å²) in [6.07, 6.45) is 1.74. The number of nitrogens with one attached hydrogen (secondary N) is 1. The van der Waals surface area contributed by atoms with Crippen LogP contribution < -0.4 is 14.8 Å². The van der Waals surface area contributed by atoms with Crippen LogP contribution in [0.3, 0.4) is 0 Å². The lowest BCUT2D eigenvalue weighted by Gasteiger charge is -2.11. The molecule has 0 unspecified atom stereocenters. The van der Waals surface area contributed by atoms with Gasteiger partial charge in [-0.1, -0.05) is 23.8 Å². The van der Waals surface area contributed by atoms with Crippen molar-refractivity contribution in [1.29, 1.82) is 0 Å². The van der Waals surface area contributed by atoms with Crippen molar-refractivity contribution in [2.75, 3.05) is 20.3 Å². The van der Waals surface area contributed by atoms with E-state index in [-0.39, 0.29) is 19.1 Å². The van der Waals surface area contributed by atoms with Gasteiger partial charge in [0.15, 0.2) is 23.3 Å². The lowest BCUT2D eigenvalue weighted by atomic mass is 10.1. The van der Waals surface area contributed by atoms with Gasteiger partial charge in [0, 0.05) is 0 Å². The molecule has 3 rings (SSSR count). The van der Waals surface area contributed by atoms with E-state index in [1.165, 1.54) is 18.9 Å². The van der Waals surface area contributed by atoms with Crippen molar-refractivity contribution in [2.24, 2.45) is 4.99 Å². The SMILES string of the molecule is CCOC(=O)COc1cc(/C=C2/SC(=Nc3ccc(C)cc3C)NC2=O)ccc1OC. The summed E-state index contributed by atoms with van der Waals surface area (Å²) in [6, 6.07) is 11.2. The molecule has 0 radical (unpaired) electrons. The zero-order valence-corrected chi connectivity index (χ0v) is 18.7. The molecule has 2 aromatic rings. The summed E-state index contributed by atoms with van der Waals surface area (Å²) < 4.78 is 15.7. The molecule has 7 nitrogen and oxygen atoms in total. The van der Waals surface area contributed by atoms with Crippen LogP contribution >= 0.6 is 11.8 Å². The van der Waals surface area contributed by atoms with Gasteiger partial charge in [-0.3, -0.25) is 4.79 Å². The number of esters is 1. The molecule has 1 fully saturated rings. The van der Waals surface area contributed by atoms with Crippen LogP contribution in [-0.4, -0.2) is 37.4 Å². The van der Waals surface area contributed by atoms with Crippen LogP contribution in [-0.2, 0) is 14.3 Å². The Labute approximate surface area is 185 Å². The van der Waals surface area contributed by atoms with Gasteiger partial charge >= 0.3 is 5.97 Å². The van der Waals surface area contributed by atoms with E-state index in [0.29, 0.717) is 21.6 Å². The molecule has 1 aliphatic heterocycles. The van der Waals surface area contributed by atoms with Gasteiger partial charge < -0.3 is 19.5 Å². The molecule has 1 saturated heterocycles. The first-order valence-electron chi connectivity index (χ1n) is 9.73. The molecule has 1 heterocycles. The second kappa shape index (κ2) is 10.2. The Kier molecular flexibility index (Phi) is 7.36. The second-order valence-electron chi connectivity index (χ2n) is 6.78. The summed E-state index contributed by atoms with van der Waals surface area (Å²) in [5, 5.41) is 3.32. The number of amidine groups is 1. The topological polar surface area (TPSA) is 86.2 Å². The van der Waals surface area contributed by atoms with Gasteiger partial charge in [-0.2, -0.15) is 0 Å². The molecule has 2 aromatic carbocycles. The van der Waals surface area contributed by atoms with Gasteiger partial charge in [-0.05, 0) is 67.9 Å². The summed E-state index contributed by atoms with van der Waals surface area (Å²) in [6.45, 7) is 5.79. The Hall–Kier alpha value is -3.26. The molecule has 0 saturated carbocycles. The minimum atomic E-state index is -0.466. The zero-order valence-electron chi connectivity index (χ0n) is 17.9. The molecule has 0 aliphatic carbocycles. The number of carbonyl (C=O) groups excluding carboxylic acids is 2. The Bertz CT molecular complexity index is 1060. The number of amides is 1. The number of aryl methyl sites for hydroxylation is 2. The minimum absolute atomic E-state index is 0.224. The molecule has 1 aliphatic rings. The molecule has 31 heavy (non-hydrogen) atoms. The van der Waals surface area contributed by atoms with E-state index in [1.54, 1.807) is 31.2 Å². The normalized spacial score (nSPS) is 15.8. The smallest absolute Gasteiger partial charge is 0.344 e. The Morgan fingerprint density at radius 2 is 1.97 bits per heavy atom. The number of nitrogens with zero attached hydrogens (tertiary/aromatic N) is 1. The number of aliphatic imine (C=N–C) groups is 1. The van der Waals surface area contributed by atoms with Crippen molar-refractivity contribution in [3.8, 4) is 11.5 Å². The maximum atomic E-state index is 12.4. The number of hydrogen-bond acceptors (Lipinski definition) is 7. The predicted octanol–water partition coefficient (Wildman–Crippen LogP) is 4.15. The van der Waals surface area contributed by atoms with E-state index in [2.05, 4.69) is 10.3 Å². The third-order valence-corrected chi connectivity index (χ3v) is 5.27. The maximum Gasteiger partial charge on any atom is 0.344 e. The Morgan fingerprint density at radius 1 is 1.16 bits per heavy atom. The number of thioether (sulfide) groups is 1. The van der Waals surface area contributed by atoms with E-state index < -0.39 is 5.97 Å². The van der Waals surface area contributed by atoms with E-state index in [4.69, 9.17) is 14.2 Å². The number of hydrogen-bond donors (Lipinski definition) is 1. The fourth-order valence-electron chi connectivity index (χ4n) is 2.91. The van der Waals surface area contributed by atoms with Crippen molar-refractivity contribution in [3.63, 3.8) is 0 Å². The highest BCUT2D eigenvalue weighted by molar-refractivity contribution is 8.18. The number of carbonyl (C=O) groups is 2. The molecular weight excluding hydrogens is 416 g/mol. The van der Waals surface area contributed by atoms with E-state index >= 15 is 0 Å². The van der Waals surface area contributed by atoms with Crippen molar-refractivity contribution in [1.82, 2.24) is 5.32 Å². The standard InChI is InChI=1S/C23H24N2O5S/c1-5-29-21(26)13-30-19-11-16(7-9-18(19)28-4)12-20-22(27)25-23(31-20)24-17-8-6-14(2)10-15(17)3/h6-12H,5,13H2,1-4H3,(H,24,25,27)/b20-12+. The van der Waals surface area contributed by atoms with Gasteiger partial charge in [0.2, 0.25) is 0 Å². The van der Waals surface area contributed by atoms with Crippen LogP contribution in [0.4, 0.5) is 5.69 Å². The largest absolute Gasteiger partial charge is 0.493 e. The number of rotatable bonds is 7. The van der Waals surface area contributed by atoms with Gasteiger partial charge in [0.05, 0.1) is 24.3 Å². The molecule has 8 heteroatoms. The van der Waals surface area contributed by atoms with Crippen LogP contribution in [0.5, 0.6) is 11.5 Å². The van der Waals surface area contributed by atoms with Crippen molar-refractivity contribution in [2.45, 2.75) is 20.8 Å². The van der Waals surface area contributed by atoms with Gasteiger partial charge in [0.1, 0.15) is 0 Å². The number of ether oxygens (including phenoxy) is 3. The summed E-state index contributed by atoms with van der Waals surface area (Å²) in [5.74, 6) is 0.175. The summed E-state index contributed by atoms with van der Waals surface area (Å²) in [4.78, 5) is 29.1. The third kappa shape index (κ3) is 5.88. The fourth-order valence-corrected chi connectivity index (χ4v) is 3.74. The zero-order chi connectivity index (χ0) is 22.4. The van der Waals surface area contributed by atoms with Crippen molar-refractivity contribution in [3.05, 3.63) is 58.0 Å². The van der Waals surface area contributed by atoms with Crippen LogP contribution in [0.25, 0.3) is 6.08 Å². The first kappa shape index (κ1) is 22.4. The molecular formula is C23H24N2O5S. The van der Waals surface area contributed by atoms with Crippen LogP contribution in [0.15, 0.2) is 46.3 Å². The van der Waals surface area contributed by atoms with E-state index in [0.717, 1.165) is 22.4 Å². The fraction of sp³-hybridized carbons (Fsp3) is 0.261. The maximum absolute atomic E-state index is 12.4.